The first-order valence-corrected chi connectivity index (χ1v) is 10.2. The van der Waals surface area contributed by atoms with Gasteiger partial charge in [0.25, 0.3) is 0 Å². The monoisotopic (exact) mass is 407 g/mol. The van der Waals surface area contributed by atoms with Crippen LogP contribution in [0.1, 0.15) is 34.8 Å². The molecule has 1 atom stereocenters. The number of carbonyl (C=O) groups excluding carboxylic acids is 1. The van der Waals surface area contributed by atoms with Crippen LogP contribution in [0.3, 0.4) is 0 Å². The van der Waals surface area contributed by atoms with Gasteiger partial charge in [0.15, 0.2) is 0 Å². The lowest BCUT2D eigenvalue weighted by Crippen LogP contribution is -2.28. The number of amides is 1. The molecule has 1 N–H and O–H groups in total. The van der Waals surface area contributed by atoms with Crippen molar-refractivity contribution in [2.45, 2.75) is 38.8 Å². The molecular formula is C19H19F2N3OS2. The van der Waals surface area contributed by atoms with E-state index >= 15 is 0 Å². The van der Waals surface area contributed by atoms with E-state index in [1.807, 2.05) is 20.8 Å². The molecule has 0 radical (unpaired) electrons. The predicted octanol–water partition coefficient (Wildman–Crippen LogP) is 4.86. The molecule has 1 aromatic carbocycles. The second-order valence-corrected chi connectivity index (χ2v) is 8.45. The van der Waals surface area contributed by atoms with Gasteiger partial charge in [-0.3, -0.25) is 4.79 Å². The number of fused-ring (bicyclic) bond motifs is 1. The normalized spacial score (nSPS) is 12.4. The Hall–Kier alpha value is -2.06. The molecule has 0 aliphatic rings. The molecule has 3 aromatic rings. The van der Waals surface area contributed by atoms with E-state index in [0.717, 1.165) is 26.9 Å². The highest BCUT2D eigenvalue weighted by Crippen LogP contribution is 2.35. The predicted molar refractivity (Wildman–Crippen MR) is 105 cm³/mol. The molecule has 1 amide bonds. The Morgan fingerprint density at radius 1 is 1.26 bits per heavy atom. The summed E-state index contributed by atoms with van der Waals surface area (Å²) in [5.41, 5.74) is 1.37. The SMILES string of the molecule is Cc1nc(SCC(=O)N[C@H](C)c2ccc(F)cc2F)c2c(C)c(C)sc2n1. The van der Waals surface area contributed by atoms with E-state index in [0.29, 0.717) is 5.82 Å². The molecule has 2 heterocycles. The van der Waals surface area contributed by atoms with Gasteiger partial charge in [0.1, 0.15) is 27.3 Å². The zero-order valence-corrected chi connectivity index (χ0v) is 17.0. The average molecular weight is 408 g/mol. The van der Waals surface area contributed by atoms with Gasteiger partial charge in [-0.1, -0.05) is 17.8 Å². The highest BCUT2D eigenvalue weighted by Gasteiger charge is 2.17. The first-order valence-electron chi connectivity index (χ1n) is 8.37. The maximum Gasteiger partial charge on any atom is 0.230 e. The minimum absolute atomic E-state index is 0.146. The Morgan fingerprint density at radius 2 is 2.00 bits per heavy atom. The van der Waals surface area contributed by atoms with Crippen LogP contribution in [0.4, 0.5) is 8.78 Å². The number of carbonyl (C=O) groups is 1. The summed E-state index contributed by atoms with van der Waals surface area (Å²) in [6, 6.07) is 2.78. The maximum absolute atomic E-state index is 13.9. The van der Waals surface area contributed by atoms with E-state index in [1.54, 1.807) is 18.3 Å². The number of benzene rings is 1. The summed E-state index contributed by atoms with van der Waals surface area (Å²) in [4.78, 5) is 23.4. The van der Waals surface area contributed by atoms with Gasteiger partial charge in [0.2, 0.25) is 5.91 Å². The Labute approximate surface area is 164 Å². The zero-order chi connectivity index (χ0) is 19.7. The second-order valence-electron chi connectivity index (χ2n) is 6.28. The summed E-state index contributed by atoms with van der Waals surface area (Å²) in [7, 11) is 0. The third kappa shape index (κ3) is 4.27. The third-order valence-electron chi connectivity index (χ3n) is 4.25. The number of hydrogen-bond donors (Lipinski definition) is 1. The molecule has 8 heteroatoms. The van der Waals surface area contributed by atoms with Crippen molar-refractivity contribution in [3.63, 3.8) is 0 Å². The number of thioether (sulfide) groups is 1. The summed E-state index contributed by atoms with van der Waals surface area (Å²) >= 11 is 2.95. The van der Waals surface area contributed by atoms with Gasteiger partial charge in [-0.25, -0.2) is 18.7 Å². The first kappa shape index (κ1) is 19.7. The van der Waals surface area contributed by atoms with Crippen LogP contribution in [0.5, 0.6) is 0 Å². The summed E-state index contributed by atoms with van der Waals surface area (Å²) in [6.07, 6.45) is 0. The summed E-state index contributed by atoms with van der Waals surface area (Å²) in [5.74, 6) is -0.755. The molecule has 0 aliphatic carbocycles. The van der Waals surface area contributed by atoms with Crippen molar-refractivity contribution in [1.82, 2.24) is 15.3 Å². The minimum Gasteiger partial charge on any atom is -0.349 e. The van der Waals surface area contributed by atoms with E-state index in [4.69, 9.17) is 0 Å². The van der Waals surface area contributed by atoms with Crippen molar-refractivity contribution in [1.29, 1.82) is 0 Å². The lowest BCUT2D eigenvalue weighted by atomic mass is 10.1. The van der Waals surface area contributed by atoms with Crippen LogP contribution < -0.4 is 5.32 Å². The van der Waals surface area contributed by atoms with Crippen molar-refractivity contribution < 1.29 is 13.6 Å². The van der Waals surface area contributed by atoms with E-state index in [9.17, 15) is 13.6 Å². The number of nitrogens with zero attached hydrogens (tertiary/aromatic N) is 2. The minimum atomic E-state index is -0.673. The number of aromatic nitrogens is 2. The van der Waals surface area contributed by atoms with Crippen LogP contribution in [-0.2, 0) is 4.79 Å². The van der Waals surface area contributed by atoms with Crippen molar-refractivity contribution >= 4 is 39.2 Å². The smallest absolute Gasteiger partial charge is 0.230 e. The number of thiophene rings is 1. The van der Waals surface area contributed by atoms with Gasteiger partial charge in [0, 0.05) is 21.9 Å². The van der Waals surface area contributed by atoms with Crippen LogP contribution in [-0.4, -0.2) is 21.6 Å². The van der Waals surface area contributed by atoms with Crippen LogP contribution in [0.2, 0.25) is 0 Å². The molecule has 0 saturated heterocycles. The molecule has 0 saturated carbocycles. The fourth-order valence-corrected chi connectivity index (χ4v) is 4.85. The topological polar surface area (TPSA) is 54.9 Å². The average Bonchev–Trinajstić information content (AvgIpc) is 2.86. The fraction of sp³-hybridized carbons (Fsp3) is 0.316. The highest BCUT2D eigenvalue weighted by molar-refractivity contribution is 8.00. The maximum atomic E-state index is 13.9. The molecule has 0 unspecified atom stereocenters. The number of rotatable bonds is 5. The Balaban J connectivity index is 1.71. The standard InChI is InChI=1S/C19H19F2N3OS2/c1-9-11(3)27-19-17(9)18(23-12(4)24-19)26-8-16(25)22-10(2)14-6-5-13(20)7-15(14)21/h5-7,10H,8H2,1-4H3,(H,22,25)/t10-/m1/s1. The molecule has 0 bridgehead atoms. The molecule has 142 valence electrons. The summed E-state index contributed by atoms with van der Waals surface area (Å²) < 4.78 is 26.9. The summed E-state index contributed by atoms with van der Waals surface area (Å²) in [6.45, 7) is 7.55. The largest absolute Gasteiger partial charge is 0.349 e. The zero-order valence-electron chi connectivity index (χ0n) is 15.4. The van der Waals surface area contributed by atoms with Gasteiger partial charge in [-0.2, -0.15) is 0 Å². The van der Waals surface area contributed by atoms with E-state index in [1.165, 1.54) is 28.8 Å². The van der Waals surface area contributed by atoms with Gasteiger partial charge in [-0.05, 0) is 39.3 Å². The van der Waals surface area contributed by atoms with Gasteiger partial charge in [-0.15, -0.1) is 11.3 Å². The van der Waals surface area contributed by atoms with E-state index in [-0.39, 0.29) is 17.2 Å². The Bertz CT molecular complexity index is 1020. The molecular weight excluding hydrogens is 388 g/mol. The number of halogens is 2. The molecule has 0 fully saturated rings. The lowest BCUT2D eigenvalue weighted by Gasteiger charge is -2.15. The molecule has 27 heavy (non-hydrogen) atoms. The Morgan fingerprint density at radius 3 is 2.70 bits per heavy atom. The van der Waals surface area contributed by atoms with Crippen molar-refractivity contribution in [2.75, 3.05) is 5.75 Å². The van der Waals surface area contributed by atoms with Crippen LogP contribution in [0.25, 0.3) is 10.2 Å². The van der Waals surface area contributed by atoms with Crippen LogP contribution >= 0.6 is 23.1 Å². The number of nitrogens with one attached hydrogen (secondary N) is 1. The van der Waals surface area contributed by atoms with Crippen LogP contribution in [0.15, 0.2) is 23.2 Å². The van der Waals surface area contributed by atoms with E-state index < -0.39 is 17.7 Å². The van der Waals surface area contributed by atoms with Gasteiger partial charge >= 0.3 is 0 Å². The molecule has 0 aliphatic heterocycles. The molecule has 4 nitrogen and oxygen atoms in total. The quantitative estimate of drug-likeness (QED) is 0.485. The van der Waals surface area contributed by atoms with Gasteiger partial charge < -0.3 is 5.32 Å². The van der Waals surface area contributed by atoms with Crippen molar-refractivity contribution in [2.24, 2.45) is 0 Å². The van der Waals surface area contributed by atoms with Crippen molar-refractivity contribution in [3.8, 4) is 0 Å². The second kappa shape index (κ2) is 7.90. The lowest BCUT2D eigenvalue weighted by molar-refractivity contribution is -0.119. The van der Waals surface area contributed by atoms with Crippen LogP contribution in [0, 0.1) is 32.4 Å². The third-order valence-corrected chi connectivity index (χ3v) is 6.33. The molecule has 0 spiro atoms. The Kier molecular flexibility index (Phi) is 5.76. The number of hydrogen-bond acceptors (Lipinski definition) is 5. The highest BCUT2D eigenvalue weighted by atomic mass is 32.2. The number of aryl methyl sites for hydroxylation is 3. The molecule has 3 rings (SSSR count). The molecule has 2 aromatic heterocycles. The van der Waals surface area contributed by atoms with E-state index in [2.05, 4.69) is 15.3 Å². The fourth-order valence-electron chi connectivity index (χ4n) is 2.77. The summed E-state index contributed by atoms with van der Waals surface area (Å²) in [5, 5.41) is 4.50. The van der Waals surface area contributed by atoms with Crippen molar-refractivity contribution in [3.05, 3.63) is 51.7 Å². The first-order chi connectivity index (χ1) is 12.8. The van der Waals surface area contributed by atoms with Gasteiger partial charge in [0.05, 0.1) is 11.8 Å².